The molecule has 0 aromatic heterocycles. The Balaban J connectivity index is 1.54. The van der Waals surface area contributed by atoms with E-state index in [2.05, 4.69) is 5.32 Å². The van der Waals surface area contributed by atoms with Crippen molar-refractivity contribution in [3.05, 3.63) is 98.3 Å². The third-order valence-electron chi connectivity index (χ3n) is 7.05. The molecule has 5 rings (SSSR count). The summed E-state index contributed by atoms with van der Waals surface area (Å²) in [5, 5.41) is 15.5. The Bertz CT molecular complexity index is 1370. The number of carbonyl (C=O) groups is 1. The van der Waals surface area contributed by atoms with Crippen LogP contribution in [-0.2, 0) is 16.9 Å². The van der Waals surface area contributed by atoms with E-state index < -0.39 is 34.1 Å². The number of methoxy groups -OCH3 is 1. The number of para-hydroxylation sites is 1. The monoisotopic (exact) mass is 511 g/mol. The Labute approximate surface area is 211 Å². The second-order valence-electron chi connectivity index (χ2n) is 8.90. The third-order valence-corrected chi connectivity index (χ3v) is 7.33. The van der Waals surface area contributed by atoms with Gasteiger partial charge in [0.05, 0.1) is 18.1 Å². The summed E-state index contributed by atoms with van der Waals surface area (Å²) < 4.78 is 25.3. The molecular formula is C26H23ClFN3O5. The first kappa shape index (κ1) is 24.0. The lowest BCUT2D eigenvalue weighted by Gasteiger charge is -2.30. The molecule has 2 aliphatic heterocycles. The molecule has 36 heavy (non-hydrogen) atoms. The van der Waals surface area contributed by atoms with Crippen molar-refractivity contribution in [2.75, 3.05) is 26.0 Å². The number of likely N-dealkylation sites (N-methyl/N-ethyl adjacent to an activating group) is 1. The number of anilines is 1. The van der Waals surface area contributed by atoms with Gasteiger partial charge >= 0.3 is 0 Å². The molecule has 1 fully saturated rings. The molecule has 0 aliphatic carbocycles. The fourth-order valence-electron chi connectivity index (χ4n) is 5.44. The van der Waals surface area contributed by atoms with Gasteiger partial charge in [0.2, 0.25) is 0 Å². The van der Waals surface area contributed by atoms with E-state index >= 15 is 0 Å². The lowest BCUT2D eigenvalue weighted by molar-refractivity contribution is -0.534. The minimum atomic E-state index is -1.47. The highest BCUT2D eigenvalue weighted by molar-refractivity contribution is 6.32. The summed E-state index contributed by atoms with van der Waals surface area (Å²) in [5.74, 6) is -1.05. The molecule has 1 amide bonds. The lowest BCUT2D eigenvalue weighted by atomic mass is 9.79. The molecule has 0 bridgehead atoms. The molecule has 0 saturated carbocycles. The Morgan fingerprint density at radius 3 is 2.67 bits per heavy atom. The summed E-state index contributed by atoms with van der Waals surface area (Å²) in [6.07, 6.45) is 0. The number of amides is 1. The van der Waals surface area contributed by atoms with Crippen molar-refractivity contribution in [2.24, 2.45) is 0 Å². The highest BCUT2D eigenvalue weighted by Crippen LogP contribution is 2.53. The number of halogens is 2. The minimum Gasteiger partial charge on any atom is -0.493 e. The maximum absolute atomic E-state index is 14.0. The quantitative estimate of drug-likeness (QED) is 0.384. The van der Waals surface area contributed by atoms with Crippen molar-refractivity contribution < 1.29 is 23.6 Å². The number of ether oxygens (including phenoxy) is 2. The molecule has 186 valence electrons. The summed E-state index contributed by atoms with van der Waals surface area (Å²) in [5.41, 5.74) is 0.555. The molecule has 1 spiro atoms. The SMILES string of the molecule is COc1cc([C@@H]2CN(C)[C@]3(C(=O)Nc4ccccc43)[C@@H]2[N+](=O)[O-])cc(Cl)c1OCc1ccccc1F. The molecule has 1 saturated heterocycles. The van der Waals surface area contributed by atoms with Gasteiger partial charge in [-0.25, -0.2) is 4.39 Å². The van der Waals surface area contributed by atoms with E-state index in [1.807, 2.05) is 0 Å². The van der Waals surface area contributed by atoms with Gasteiger partial charge in [0.1, 0.15) is 12.4 Å². The molecular weight excluding hydrogens is 489 g/mol. The van der Waals surface area contributed by atoms with E-state index in [0.29, 0.717) is 22.4 Å². The van der Waals surface area contributed by atoms with Gasteiger partial charge in [0.25, 0.3) is 11.9 Å². The summed E-state index contributed by atoms with van der Waals surface area (Å²) in [7, 11) is 3.14. The van der Waals surface area contributed by atoms with Crippen LogP contribution < -0.4 is 14.8 Å². The number of likely N-dealkylation sites (tertiary alicyclic amines) is 1. The Morgan fingerprint density at radius 1 is 1.22 bits per heavy atom. The first-order valence-corrected chi connectivity index (χ1v) is 11.7. The van der Waals surface area contributed by atoms with Crippen LogP contribution in [0.4, 0.5) is 10.1 Å². The van der Waals surface area contributed by atoms with Gasteiger partial charge < -0.3 is 14.8 Å². The van der Waals surface area contributed by atoms with E-state index in [9.17, 15) is 19.3 Å². The number of hydrogen-bond donors (Lipinski definition) is 1. The number of nitrogens with zero attached hydrogens (tertiary/aromatic N) is 2. The highest BCUT2D eigenvalue weighted by Gasteiger charge is 2.68. The van der Waals surface area contributed by atoms with Crippen LogP contribution in [0.2, 0.25) is 5.02 Å². The van der Waals surface area contributed by atoms with Crippen LogP contribution in [0.1, 0.15) is 22.6 Å². The average Bonchev–Trinajstić information content (AvgIpc) is 3.33. The Hall–Kier alpha value is -3.69. The van der Waals surface area contributed by atoms with Gasteiger partial charge in [-0.1, -0.05) is 48.0 Å². The zero-order valence-corrected chi connectivity index (χ0v) is 20.3. The standard InChI is InChI=1S/C26H23ClFN3O5/c1-30-13-17(24(31(33)34)26(30)18-8-4-6-10-21(18)29-25(26)32)16-11-19(27)23(22(12-16)35-2)36-14-15-7-3-5-9-20(15)28/h3-12,17,24H,13-14H2,1-2H3,(H,29,32)/t17-,24+,26-/m0/s1. The van der Waals surface area contributed by atoms with Crippen molar-refractivity contribution in [3.63, 3.8) is 0 Å². The van der Waals surface area contributed by atoms with Crippen molar-refractivity contribution >= 4 is 23.2 Å². The molecule has 0 unspecified atom stereocenters. The van der Waals surface area contributed by atoms with Crippen LogP contribution in [-0.4, -0.2) is 42.5 Å². The zero-order valence-electron chi connectivity index (χ0n) is 19.5. The summed E-state index contributed by atoms with van der Waals surface area (Å²) >= 11 is 6.56. The zero-order chi connectivity index (χ0) is 25.6. The molecule has 8 nitrogen and oxygen atoms in total. The average molecular weight is 512 g/mol. The van der Waals surface area contributed by atoms with Crippen LogP contribution in [0.25, 0.3) is 0 Å². The lowest BCUT2D eigenvalue weighted by Crippen LogP contribution is -2.54. The number of rotatable bonds is 6. The van der Waals surface area contributed by atoms with Gasteiger partial charge in [0.15, 0.2) is 17.0 Å². The molecule has 3 aromatic rings. The number of hydrogen-bond acceptors (Lipinski definition) is 6. The first-order valence-electron chi connectivity index (χ1n) is 11.3. The smallest absolute Gasteiger partial charge is 0.256 e. The second kappa shape index (κ2) is 9.07. The summed E-state index contributed by atoms with van der Waals surface area (Å²) in [6.45, 7) is 0.161. The van der Waals surface area contributed by atoms with Crippen molar-refractivity contribution in [1.82, 2.24) is 4.90 Å². The van der Waals surface area contributed by atoms with Crippen LogP contribution in [0.15, 0.2) is 60.7 Å². The van der Waals surface area contributed by atoms with Crippen molar-refractivity contribution in [3.8, 4) is 11.5 Å². The molecule has 2 heterocycles. The van der Waals surface area contributed by atoms with Crippen molar-refractivity contribution in [1.29, 1.82) is 0 Å². The molecule has 1 N–H and O–H groups in total. The fraction of sp³-hybridized carbons (Fsp3) is 0.269. The molecule has 3 atom stereocenters. The maximum atomic E-state index is 14.0. The van der Waals surface area contributed by atoms with Gasteiger partial charge in [0, 0.05) is 28.3 Å². The Morgan fingerprint density at radius 2 is 1.94 bits per heavy atom. The predicted octanol–water partition coefficient (Wildman–Crippen LogP) is 4.59. The van der Waals surface area contributed by atoms with E-state index in [0.717, 1.165) is 0 Å². The third kappa shape index (κ3) is 3.58. The first-order chi connectivity index (χ1) is 17.3. The normalized spacial score (nSPS) is 22.9. The van der Waals surface area contributed by atoms with E-state index in [4.69, 9.17) is 21.1 Å². The number of fused-ring (bicyclic) bond motifs is 2. The van der Waals surface area contributed by atoms with Gasteiger partial charge in [-0.3, -0.25) is 19.8 Å². The number of benzene rings is 3. The predicted molar refractivity (Wildman–Crippen MR) is 132 cm³/mol. The number of nitro groups is 1. The van der Waals surface area contributed by atoms with Gasteiger partial charge in [-0.15, -0.1) is 0 Å². The summed E-state index contributed by atoms with van der Waals surface area (Å²) in [6, 6.07) is 15.2. The molecule has 0 radical (unpaired) electrons. The van der Waals surface area contributed by atoms with Gasteiger partial charge in [-0.05, 0) is 36.9 Å². The largest absolute Gasteiger partial charge is 0.493 e. The van der Waals surface area contributed by atoms with E-state index in [1.54, 1.807) is 66.5 Å². The van der Waals surface area contributed by atoms with E-state index in [1.165, 1.54) is 13.2 Å². The fourth-order valence-corrected chi connectivity index (χ4v) is 5.71. The maximum Gasteiger partial charge on any atom is 0.256 e. The molecule has 3 aromatic carbocycles. The number of carbonyl (C=O) groups excluding carboxylic acids is 1. The second-order valence-corrected chi connectivity index (χ2v) is 9.30. The topological polar surface area (TPSA) is 93.9 Å². The highest BCUT2D eigenvalue weighted by atomic mass is 35.5. The van der Waals surface area contributed by atoms with E-state index in [-0.39, 0.29) is 29.7 Å². The van der Waals surface area contributed by atoms with Crippen LogP contribution >= 0.6 is 11.6 Å². The molecule has 2 aliphatic rings. The van der Waals surface area contributed by atoms with Crippen molar-refractivity contribution in [2.45, 2.75) is 24.1 Å². The molecule has 10 heteroatoms. The van der Waals surface area contributed by atoms with Gasteiger partial charge in [-0.2, -0.15) is 0 Å². The number of nitrogens with one attached hydrogen (secondary N) is 1. The van der Waals surface area contributed by atoms with Crippen LogP contribution in [0.5, 0.6) is 11.5 Å². The Kier molecular flexibility index (Phi) is 6.05. The minimum absolute atomic E-state index is 0.0775. The van der Waals surface area contributed by atoms with Crippen LogP contribution in [0.3, 0.4) is 0 Å². The summed E-state index contributed by atoms with van der Waals surface area (Å²) in [4.78, 5) is 27.2. The van der Waals surface area contributed by atoms with Crippen LogP contribution in [0, 0.1) is 15.9 Å².